The van der Waals surface area contributed by atoms with Crippen molar-refractivity contribution in [2.45, 2.75) is 12.8 Å². The van der Waals surface area contributed by atoms with Crippen LogP contribution in [0.25, 0.3) is 0 Å². The summed E-state index contributed by atoms with van der Waals surface area (Å²) in [6.07, 6.45) is 2.10. The van der Waals surface area contributed by atoms with Gasteiger partial charge in [-0.1, -0.05) is 0 Å². The van der Waals surface area contributed by atoms with Crippen molar-refractivity contribution in [3.8, 4) is 11.5 Å². The number of nitrogens with zero attached hydrogens (tertiary/aromatic N) is 1. The lowest BCUT2D eigenvalue weighted by molar-refractivity contribution is -0.385. The Morgan fingerprint density at radius 1 is 1.38 bits per heavy atom. The fourth-order valence-electron chi connectivity index (χ4n) is 2.63. The summed E-state index contributed by atoms with van der Waals surface area (Å²) in [5.41, 5.74) is -0.335. The maximum atomic E-state index is 12.3. The number of carbonyl (C=O) groups is 1. The number of amides is 1. The normalized spacial score (nSPS) is 16.7. The first-order chi connectivity index (χ1) is 11.1. The van der Waals surface area contributed by atoms with Crippen LogP contribution in [0.3, 0.4) is 0 Å². The van der Waals surface area contributed by atoms with Crippen molar-refractivity contribution in [3.05, 3.63) is 27.8 Å². The minimum absolute atomic E-state index is 0. The molecule has 0 spiro atoms. The summed E-state index contributed by atoms with van der Waals surface area (Å²) in [6, 6.07) is 2.54. The van der Waals surface area contributed by atoms with E-state index in [2.05, 4.69) is 10.6 Å². The smallest absolute Gasteiger partial charge is 0.286 e. The van der Waals surface area contributed by atoms with Crippen LogP contribution < -0.4 is 20.1 Å². The van der Waals surface area contributed by atoms with E-state index < -0.39 is 10.8 Å². The first kappa shape index (κ1) is 20.0. The third-order valence-corrected chi connectivity index (χ3v) is 3.89. The number of hydrogen-bond acceptors (Lipinski definition) is 6. The van der Waals surface area contributed by atoms with Gasteiger partial charge in [0.2, 0.25) is 0 Å². The van der Waals surface area contributed by atoms with Crippen molar-refractivity contribution in [2.75, 3.05) is 33.9 Å². The zero-order valence-electron chi connectivity index (χ0n) is 13.7. The van der Waals surface area contributed by atoms with Crippen LogP contribution in [-0.4, -0.2) is 44.7 Å². The van der Waals surface area contributed by atoms with E-state index in [0.717, 1.165) is 25.9 Å². The highest BCUT2D eigenvalue weighted by Crippen LogP contribution is 2.34. The Labute approximate surface area is 146 Å². The van der Waals surface area contributed by atoms with Crippen molar-refractivity contribution in [1.29, 1.82) is 0 Å². The van der Waals surface area contributed by atoms with E-state index in [0.29, 0.717) is 12.5 Å². The van der Waals surface area contributed by atoms with Gasteiger partial charge < -0.3 is 20.1 Å². The van der Waals surface area contributed by atoms with E-state index in [1.165, 1.54) is 26.4 Å². The fraction of sp³-hybridized carbons (Fsp3) is 0.533. The Morgan fingerprint density at radius 2 is 2.04 bits per heavy atom. The molecule has 134 valence electrons. The number of carbonyl (C=O) groups excluding carboxylic acids is 1. The maximum Gasteiger partial charge on any atom is 0.286 e. The van der Waals surface area contributed by atoms with Crippen molar-refractivity contribution >= 4 is 24.0 Å². The number of nitro groups is 1. The van der Waals surface area contributed by atoms with Gasteiger partial charge in [0.15, 0.2) is 11.5 Å². The lowest BCUT2D eigenvalue weighted by Crippen LogP contribution is -2.38. The quantitative estimate of drug-likeness (QED) is 0.592. The second kappa shape index (κ2) is 9.29. The molecule has 1 aliphatic heterocycles. The number of halogens is 1. The van der Waals surface area contributed by atoms with Gasteiger partial charge in [0.25, 0.3) is 11.6 Å². The van der Waals surface area contributed by atoms with Crippen molar-refractivity contribution in [3.63, 3.8) is 0 Å². The standard InChI is InChI=1S/C15H21N3O5.ClH/c1-22-13-6-11(12(18(20)21)7-14(13)23-2)15(19)17-9-10-4-3-5-16-8-10;/h6-7,10,16H,3-5,8-9H2,1-2H3,(H,17,19);1H. The van der Waals surface area contributed by atoms with E-state index in [-0.39, 0.29) is 35.2 Å². The molecule has 0 bridgehead atoms. The molecule has 8 nitrogen and oxygen atoms in total. The largest absolute Gasteiger partial charge is 0.493 e. The van der Waals surface area contributed by atoms with E-state index in [9.17, 15) is 14.9 Å². The van der Waals surface area contributed by atoms with Gasteiger partial charge >= 0.3 is 0 Å². The number of piperidine rings is 1. The predicted molar refractivity (Wildman–Crippen MR) is 91.4 cm³/mol. The van der Waals surface area contributed by atoms with Crippen molar-refractivity contribution in [2.24, 2.45) is 5.92 Å². The van der Waals surface area contributed by atoms with Crippen LogP contribution in [0.5, 0.6) is 11.5 Å². The Hall–Kier alpha value is -2.06. The molecular weight excluding hydrogens is 338 g/mol. The number of rotatable bonds is 6. The number of benzene rings is 1. The summed E-state index contributed by atoms with van der Waals surface area (Å²) in [5.74, 6) is 0.352. The molecule has 2 rings (SSSR count). The average Bonchev–Trinajstić information content (AvgIpc) is 2.59. The molecule has 1 heterocycles. The molecule has 1 saturated heterocycles. The minimum Gasteiger partial charge on any atom is -0.493 e. The molecule has 0 aliphatic carbocycles. The van der Waals surface area contributed by atoms with E-state index in [1.54, 1.807) is 0 Å². The number of nitrogens with one attached hydrogen (secondary N) is 2. The summed E-state index contributed by atoms with van der Waals surface area (Å²) >= 11 is 0. The van der Waals surface area contributed by atoms with Gasteiger partial charge in [0.1, 0.15) is 5.56 Å². The summed E-state index contributed by atoms with van der Waals surface area (Å²) in [7, 11) is 2.80. The second-order valence-electron chi connectivity index (χ2n) is 5.40. The molecule has 0 aromatic heterocycles. The molecule has 1 aliphatic rings. The van der Waals surface area contributed by atoms with Crippen LogP contribution >= 0.6 is 12.4 Å². The summed E-state index contributed by atoms with van der Waals surface area (Å²) in [6.45, 7) is 2.32. The van der Waals surface area contributed by atoms with Gasteiger partial charge in [0, 0.05) is 12.6 Å². The predicted octanol–water partition coefficient (Wildman–Crippen LogP) is 1.76. The summed E-state index contributed by atoms with van der Waals surface area (Å²) < 4.78 is 10.2. The second-order valence-corrected chi connectivity index (χ2v) is 5.40. The van der Waals surface area contributed by atoms with Crippen molar-refractivity contribution < 1.29 is 19.2 Å². The third kappa shape index (κ3) is 4.72. The zero-order valence-corrected chi connectivity index (χ0v) is 14.5. The van der Waals surface area contributed by atoms with Gasteiger partial charge in [-0.15, -0.1) is 12.4 Å². The molecule has 24 heavy (non-hydrogen) atoms. The first-order valence-electron chi connectivity index (χ1n) is 7.46. The van der Waals surface area contributed by atoms with Crippen LogP contribution in [-0.2, 0) is 0 Å². The molecule has 9 heteroatoms. The molecule has 1 amide bonds. The van der Waals surface area contributed by atoms with Crippen LogP contribution in [0.1, 0.15) is 23.2 Å². The Kier molecular flexibility index (Phi) is 7.73. The average molecular weight is 360 g/mol. The maximum absolute atomic E-state index is 12.3. The number of methoxy groups -OCH3 is 2. The summed E-state index contributed by atoms with van der Waals surface area (Å²) in [4.78, 5) is 23.0. The molecule has 1 aromatic rings. The molecule has 0 saturated carbocycles. The molecule has 1 atom stereocenters. The molecule has 1 fully saturated rings. The van der Waals surface area contributed by atoms with Gasteiger partial charge in [0.05, 0.1) is 25.2 Å². The highest BCUT2D eigenvalue weighted by Gasteiger charge is 2.25. The Morgan fingerprint density at radius 3 is 2.58 bits per heavy atom. The molecule has 1 unspecified atom stereocenters. The van der Waals surface area contributed by atoms with E-state index in [1.807, 2.05) is 0 Å². The number of ether oxygens (including phenoxy) is 2. The van der Waals surface area contributed by atoms with Crippen molar-refractivity contribution in [1.82, 2.24) is 10.6 Å². The highest BCUT2D eigenvalue weighted by atomic mass is 35.5. The molecule has 2 N–H and O–H groups in total. The van der Waals surface area contributed by atoms with Gasteiger partial charge in [-0.05, 0) is 31.8 Å². The van der Waals surface area contributed by atoms with E-state index >= 15 is 0 Å². The lowest BCUT2D eigenvalue weighted by atomic mass is 9.99. The van der Waals surface area contributed by atoms with Crippen LogP contribution in [0.2, 0.25) is 0 Å². The van der Waals surface area contributed by atoms with Crippen LogP contribution in [0.15, 0.2) is 12.1 Å². The minimum atomic E-state index is -0.598. The SMILES string of the molecule is COc1cc(C(=O)NCC2CCCNC2)c([N+](=O)[O-])cc1OC.Cl. The highest BCUT2D eigenvalue weighted by molar-refractivity contribution is 5.99. The topological polar surface area (TPSA) is 103 Å². The zero-order chi connectivity index (χ0) is 16.8. The number of hydrogen-bond donors (Lipinski definition) is 2. The van der Waals surface area contributed by atoms with Gasteiger partial charge in [-0.25, -0.2) is 0 Å². The third-order valence-electron chi connectivity index (χ3n) is 3.89. The lowest BCUT2D eigenvalue weighted by Gasteiger charge is -2.22. The summed E-state index contributed by atoms with van der Waals surface area (Å²) in [5, 5.41) is 17.3. The molecule has 0 radical (unpaired) electrons. The van der Waals surface area contributed by atoms with Gasteiger partial charge in [-0.2, -0.15) is 0 Å². The fourth-order valence-corrected chi connectivity index (χ4v) is 2.63. The van der Waals surface area contributed by atoms with Crippen LogP contribution in [0, 0.1) is 16.0 Å². The molecular formula is C15H22ClN3O5. The van der Waals surface area contributed by atoms with E-state index in [4.69, 9.17) is 9.47 Å². The monoisotopic (exact) mass is 359 g/mol. The Bertz CT molecular complexity index is 591. The first-order valence-corrected chi connectivity index (χ1v) is 7.46. The Balaban J connectivity index is 0.00000288. The molecule has 1 aromatic carbocycles. The number of nitro benzene ring substituents is 1. The van der Waals surface area contributed by atoms with Crippen LogP contribution in [0.4, 0.5) is 5.69 Å². The van der Waals surface area contributed by atoms with Gasteiger partial charge in [-0.3, -0.25) is 14.9 Å².